The van der Waals surface area contributed by atoms with Crippen LogP contribution in [0.25, 0.3) is 0 Å². The lowest BCUT2D eigenvalue weighted by Crippen LogP contribution is -2.51. The first kappa shape index (κ1) is 49.4. The van der Waals surface area contributed by atoms with Gasteiger partial charge in [-0.3, -0.25) is 43.6 Å². The minimum atomic E-state index is -1.04. The Morgan fingerprint density at radius 2 is 1.41 bits per heavy atom. The highest BCUT2D eigenvalue weighted by atomic mass is 32.2. The van der Waals surface area contributed by atoms with Crippen molar-refractivity contribution >= 4 is 65.1 Å². The van der Waals surface area contributed by atoms with E-state index >= 15 is 0 Å². The molecule has 0 spiro atoms. The number of nitrogens with two attached hydrogens (primary N) is 2. The Hall–Kier alpha value is -4.70. The van der Waals surface area contributed by atoms with Crippen LogP contribution >= 0.6 is 11.8 Å². The number of hydrogen-bond acceptors (Lipinski definition) is 12. The van der Waals surface area contributed by atoms with Crippen LogP contribution in [0.3, 0.4) is 0 Å². The molecule has 2 aliphatic heterocycles. The number of fused-ring (bicyclic) bond motifs is 1. The zero-order chi connectivity index (χ0) is 43.0. The Kier molecular flexibility index (Phi) is 23.1. The topological polar surface area (TPSA) is 334 Å². The highest BCUT2D eigenvalue weighted by molar-refractivity contribution is 8.00. The molecule has 6 atom stereocenters. The van der Waals surface area contributed by atoms with Crippen molar-refractivity contribution in [3.8, 4) is 0 Å². The van der Waals surface area contributed by atoms with Gasteiger partial charge in [0.25, 0.3) is 0 Å². The monoisotopic (exact) mass is 841 g/mol. The summed E-state index contributed by atoms with van der Waals surface area (Å²) in [6.07, 6.45) is 5.46. The molecule has 328 valence electrons. The standard InChI is InChI=1S/C36H63N11O10S/c1-21(2)15-22(16-28(49)47-57)34(54)44-24(10-5-7-13-37)35(55)42-18-30(51)40-17-29(50)41-19-31(52)43-23(33(38)53)9-6-8-14-39-27(48)12-4-3-11-26-32-25(20-58-26)45-36(56)46-32/h21-26,32,57H,3-20,37H2,1-2H3,(H2,38,53)(H,39,48)(H,40,51)(H,41,50)(H,42,55)(H,43,52)(H,44,54)(H,47,49)(H2,45,46,56)/t22?,23-,24-,25-,26-,32-/m0/s1. The SMILES string of the molecule is CC(C)CC(CC(=O)NO)C(=O)N[C@@H](CCCCN)C(=O)NCC(=O)NCC(=O)NCC(=O)N[C@@H](CCCCNC(=O)CCCC[C@@H]1SC[C@@H]2NC(=O)N[C@@H]21)C(N)=O. The zero-order valence-electron chi connectivity index (χ0n) is 33.5. The van der Waals surface area contributed by atoms with Crippen molar-refractivity contribution < 1.29 is 48.4 Å². The summed E-state index contributed by atoms with van der Waals surface area (Å²) in [5.41, 5.74) is 12.5. The van der Waals surface area contributed by atoms with Gasteiger partial charge in [-0.05, 0) is 70.3 Å². The molecule has 0 saturated carbocycles. The van der Waals surface area contributed by atoms with Crippen molar-refractivity contribution in [1.29, 1.82) is 0 Å². The summed E-state index contributed by atoms with van der Waals surface area (Å²) in [7, 11) is 0. The van der Waals surface area contributed by atoms with Gasteiger partial charge in [0.05, 0.1) is 31.7 Å². The van der Waals surface area contributed by atoms with E-state index in [0.29, 0.717) is 56.9 Å². The lowest BCUT2D eigenvalue weighted by molar-refractivity contribution is -0.136. The van der Waals surface area contributed by atoms with E-state index in [-0.39, 0.29) is 49.2 Å². The van der Waals surface area contributed by atoms with Crippen LogP contribution in [-0.2, 0) is 38.4 Å². The summed E-state index contributed by atoms with van der Waals surface area (Å²) in [6.45, 7) is 2.92. The maximum absolute atomic E-state index is 13.0. The van der Waals surface area contributed by atoms with Crippen LogP contribution in [0.15, 0.2) is 0 Å². The highest BCUT2D eigenvalue weighted by Gasteiger charge is 2.42. The van der Waals surface area contributed by atoms with E-state index < -0.39 is 79.0 Å². The van der Waals surface area contributed by atoms with Gasteiger partial charge >= 0.3 is 6.03 Å². The Balaban J connectivity index is 1.63. The number of carbonyl (C=O) groups excluding carboxylic acids is 9. The number of amides is 10. The number of hydrogen-bond donors (Lipinski definition) is 12. The molecule has 21 nitrogen and oxygen atoms in total. The van der Waals surface area contributed by atoms with Gasteiger partial charge in [0.2, 0.25) is 47.3 Å². The van der Waals surface area contributed by atoms with Gasteiger partial charge in [-0.25, -0.2) is 10.3 Å². The summed E-state index contributed by atoms with van der Waals surface area (Å²) in [4.78, 5) is 110. The Morgan fingerprint density at radius 1 is 0.759 bits per heavy atom. The van der Waals surface area contributed by atoms with Gasteiger partial charge in [0.15, 0.2) is 0 Å². The van der Waals surface area contributed by atoms with E-state index in [0.717, 1.165) is 25.0 Å². The molecule has 1 unspecified atom stereocenters. The maximum Gasteiger partial charge on any atom is 0.315 e. The molecule has 2 saturated heterocycles. The fourth-order valence-corrected chi connectivity index (χ4v) is 8.08. The third-order valence-electron chi connectivity index (χ3n) is 9.58. The predicted octanol–water partition coefficient (Wildman–Crippen LogP) is -2.51. The first-order valence-electron chi connectivity index (χ1n) is 19.9. The second-order valence-corrected chi connectivity index (χ2v) is 16.2. The van der Waals surface area contributed by atoms with Gasteiger partial charge < -0.3 is 54.0 Å². The molecule has 22 heteroatoms. The maximum atomic E-state index is 13.0. The van der Waals surface area contributed by atoms with Crippen molar-refractivity contribution in [3.05, 3.63) is 0 Å². The van der Waals surface area contributed by atoms with E-state index in [2.05, 4.69) is 42.5 Å². The number of carbonyl (C=O) groups is 9. The van der Waals surface area contributed by atoms with Crippen molar-refractivity contribution in [2.75, 3.05) is 38.5 Å². The second kappa shape index (κ2) is 27.1. The van der Waals surface area contributed by atoms with Gasteiger partial charge in [0, 0.05) is 36.3 Å². The molecular formula is C36H63N11O10S. The Labute approximate surface area is 342 Å². The van der Waals surface area contributed by atoms with E-state index in [9.17, 15) is 43.2 Å². The Morgan fingerprint density at radius 3 is 2.07 bits per heavy atom. The molecule has 2 aliphatic rings. The number of hydroxylamine groups is 1. The number of nitrogens with one attached hydrogen (secondary N) is 9. The molecule has 2 fully saturated rings. The lowest BCUT2D eigenvalue weighted by atomic mass is 9.92. The third-order valence-corrected chi connectivity index (χ3v) is 11.1. The first-order chi connectivity index (χ1) is 27.6. The van der Waals surface area contributed by atoms with Crippen molar-refractivity contribution in [1.82, 2.24) is 48.0 Å². The fourth-order valence-electron chi connectivity index (χ4n) is 6.54. The van der Waals surface area contributed by atoms with Crippen molar-refractivity contribution in [2.45, 2.75) is 120 Å². The minimum absolute atomic E-state index is 0.0397. The smallest absolute Gasteiger partial charge is 0.315 e. The molecule has 0 aromatic rings. The molecule has 0 aromatic carbocycles. The molecule has 0 radical (unpaired) electrons. The summed E-state index contributed by atoms with van der Waals surface area (Å²) in [5, 5.41) is 30.1. The van der Waals surface area contributed by atoms with E-state index in [1.165, 1.54) is 5.48 Å². The molecule has 2 heterocycles. The van der Waals surface area contributed by atoms with Crippen LogP contribution in [0.5, 0.6) is 0 Å². The minimum Gasteiger partial charge on any atom is -0.368 e. The van der Waals surface area contributed by atoms with Crippen LogP contribution in [0.1, 0.15) is 90.9 Å². The zero-order valence-corrected chi connectivity index (χ0v) is 34.3. The molecule has 14 N–H and O–H groups in total. The normalized spacial score (nSPS) is 18.4. The number of urea groups is 1. The first-order valence-corrected chi connectivity index (χ1v) is 21.0. The fraction of sp³-hybridized carbons (Fsp3) is 0.750. The van der Waals surface area contributed by atoms with E-state index in [1.807, 2.05) is 25.6 Å². The summed E-state index contributed by atoms with van der Waals surface area (Å²) >= 11 is 1.84. The van der Waals surface area contributed by atoms with Crippen LogP contribution in [-0.4, -0.2) is 126 Å². The molecule has 2 rings (SSSR count). The van der Waals surface area contributed by atoms with Gasteiger partial charge in [-0.15, -0.1) is 0 Å². The van der Waals surface area contributed by atoms with Crippen molar-refractivity contribution in [3.63, 3.8) is 0 Å². The lowest BCUT2D eigenvalue weighted by Gasteiger charge is -2.23. The largest absolute Gasteiger partial charge is 0.368 e. The number of primary amides is 1. The quantitative estimate of drug-likeness (QED) is 0.0161. The number of unbranched alkanes of at least 4 members (excludes halogenated alkanes) is 3. The summed E-state index contributed by atoms with van der Waals surface area (Å²) in [6, 6.07) is -1.84. The van der Waals surface area contributed by atoms with Crippen LogP contribution in [0.2, 0.25) is 0 Å². The molecule has 0 aliphatic carbocycles. The van der Waals surface area contributed by atoms with E-state index in [1.54, 1.807) is 0 Å². The summed E-state index contributed by atoms with van der Waals surface area (Å²) < 4.78 is 0. The molecular weight excluding hydrogens is 779 g/mol. The third kappa shape index (κ3) is 19.6. The van der Waals surface area contributed by atoms with Crippen LogP contribution < -0.4 is 59.5 Å². The van der Waals surface area contributed by atoms with Crippen LogP contribution in [0.4, 0.5) is 4.79 Å². The average molecular weight is 842 g/mol. The highest BCUT2D eigenvalue weighted by Crippen LogP contribution is 2.33. The number of rotatable bonds is 29. The molecule has 58 heavy (non-hydrogen) atoms. The Bertz CT molecular complexity index is 1420. The van der Waals surface area contributed by atoms with E-state index in [4.69, 9.17) is 16.7 Å². The van der Waals surface area contributed by atoms with Gasteiger partial charge in [-0.2, -0.15) is 11.8 Å². The predicted molar refractivity (Wildman–Crippen MR) is 213 cm³/mol. The van der Waals surface area contributed by atoms with Crippen molar-refractivity contribution in [2.24, 2.45) is 23.3 Å². The summed E-state index contributed by atoms with van der Waals surface area (Å²) in [5.74, 6) is -4.82. The second-order valence-electron chi connectivity index (χ2n) is 14.9. The molecule has 0 bridgehead atoms. The number of thioether (sulfide) groups is 1. The average Bonchev–Trinajstić information content (AvgIpc) is 3.74. The van der Waals surface area contributed by atoms with Gasteiger partial charge in [0.1, 0.15) is 12.1 Å². The molecule has 10 amide bonds. The molecule has 0 aromatic heterocycles. The van der Waals surface area contributed by atoms with Crippen LogP contribution in [0, 0.1) is 11.8 Å². The van der Waals surface area contributed by atoms with Gasteiger partial charge in [-0.1, -0.05) is 20.3 Å².